The van der Waals surface area contributed by atoms with Gasteiger partial charge in [0, 0.05) is 6.54 Å². The standard InChI is InChI=1S/C17H16FN5O2S/c1-25-15-7-2-4-12(8-15)10-19-16(24)11-26-17-20-21-22-23(17)14-6-3-5-13(18)9-14/h2-9H,10-11H2,1H3,(H,19,24). The Bertz CT molecular complexity index is 902. The van der Waals surface area contributed by atoms with Crippen molar-refractivity contribution in [2.75, 3.05) is 12.9 Å². The van der Waals surface area contributed by atoms with E-state index in [0.29, 0.717) is 17.4 Å². The number of thioether (sulfide) groups is 1. The summed E-state index contributed by atoms with van der Waals surface area (Å²) in [6, 6.07) is 13.4. The fourth-order valence-corrected chi connectivity index (χ4v) is 2.92. The van der Waals surface area contributed by atoms with Crippen LogP contribution in [0.5, 0.6) is 5.75 Å². The molecule has 3 rings (SSSR count). The first-order chi connectivity index (χ1) is 12.7. The van der Waals surface area contributed by atoms with E-state index in [1.807, 2.05) is 24.3 Å². The predicted molar refractivity (Wildman–Crippen MR) is 94.7 cm³/mol. The first-order valence-electron chi connectivity index (χ1n) is 7.72. The summed E-state index contributed by atoms with van der Waals surface area (Å²) in [6.45, 7) is 0.394. The maximum atomic E-state index is 13.4. The van der Waals surface area contributed by atoms with Crippen LogP contribution >= 0.6 is 11.8 Å². The molecule has 134 valence electrons. The fraction of sp³-hybridized carbons (Fsp3) is 0.176. The third-order valence-electron chi connectivity index (χ3n) is 3.45. The fourth-order valence-electron chi connectivity index (χ4n) is 2.20. The van der Waals surface area contributed by atoms with Gasteiger partial charge in [-0.1, -0.05) is 30.0 Å². The van der Waals surface area contributed by atoms with E-state index in [4.69, 9.17) is 4.74 Å². The van der Waals surface area contributed by atoms with Crippen molar-refractivity contribution in [1.29, 1.82) is 0 Å². The van der Waals surface area contributed by atoms with Crippen LogP contribution in [0.25, 0.3) is 5.69 Å². The molecule has 1 aromatic heterocycles. The highest BCUT2D eigenvalue weighted by atomic mass is 32.2. The number of halogens is 1. The summed E-state index contributed by atoms with van der Waals surface area (Å²) in [4.78, 5) is 12.1. The molecule has 7 nitrogen and oxygen atoms in total. The Labute approximate surface area is 153 Å². The van der Waals surface area contributed by atoms with Gasteiger partial charge in [-0.2, -0.15) is 4.68 Å². The second-order valence-electron chi connectivity index (χ2n) is 5.27. The van der Waals surface area contributed by atoms with Crippen molar-refractivity contribution in [2.24, 2.45) is 0 Å². The number of carbonyl (C=O) groups is 1. The summed E-state index contributed by atoms with van der Waals surface area (Å²) in [5.74, 6) is 0.330. The van der Waals surface area contributed by atoms with E-state index in [1.54, 1.807) is 19.2 Å². The van der Waals surface area contributed by atoms with Crippen LogP contribution < -0.4 is 10.1 Å². The van der Waals surface area contributed by atoms with Crippen LogP contribution in [-0.2, 0) is 11.3 Å². The number of carbonyl (C=O) groups excluding carboxylic acids is 1. The molecular formula is C17H16FN5O2S. The Hall–Kier alpha value is -2.94. The summed E-state index contributed by atoms with van der Waals surface area (Å²) < 4.78 is 19.9. The highest BCUT2D eigenvalue weighted by molar-refractivity contribution is 7.99. The van der Waals surface area contributed by atoms with E-state index in [1.165, 1.54) is 28.6 Å². The molecule has 2 aromatic carbocycles. The maximum absolute atomic E-state index is 13.4. The molecule has 0 radical (unpaired) electrons. The molecule has 1 amide bonds. The lowest BCUT2D eigenvalue weighted by Gasteiger charge is -2.07. The van der Waals surface area contributed by atoms with Crippen LogP contribution in [-0.4, -0.2) is 39.0 Å². The molecule has 1 N–H and O–H groups in total. The lowest BCUT2D eigenvalue weighted by Crippen LogP contribution is -2.24. The van der Waals surface area contributed by atoms with Crippen molar-refractivity contribution in [1.82, 2.24) is 25.5 Å². The van der Waals surface area contributed by atoms with Gasteiger partial charge in [0.15, 0.2) is 0 Å². The number of aromatic nitrogens is 4. The predicted octanol–water partition coefficient (Wildman–Crippen LogP) is 2.22. The molecule has 0 atom stereocenters. The normalized spacial score (nSPS) is 10.5. The molecule has 0 saturated heterocycles. The van der Waals surface area contributed by atoms with E-state index in [2.05, 4.69) is 20.8 Å². The molecule has 0 fully saturated rings. The summed E-state index contributed by atoms with van der Waals surface area (Å²) in [5.41, 5.74) is 1.43. The Morgan fingerprint density at radius 3 is 2.92 bits per heavy atom. The molecule has 26 heavy (non-hydrogen) atoms. The minimum Gasteiger partial charge on any atom is -0.497 e. The van der Waals surface area contributed by atoms with Crippen LogP contribution in [0, 0.1) is 5.82 Å². The highest BCUT2D eigenvalue weighted by Gasteiger charge is 2.12. The van der Waals surface area contributed by atoms with E-state index in [0.717, 1.165) is 11.3 Å². The van der Waals surface area contributed by atoms with Crippen LogP contribution in [0.2, 0.25) is 0 Å². The van der Waals surface area contributed by atoms with E-state index >= 15 is 0 Å². The second kappa shape index (κ2) is 8.43. The first-order valence-corrected chi connectivity index (χ1v) is 8.71. The van der Waals surface area contributed by atoms with Gasteiger partial charge in [0.2, 0.25) is 11.1 Å². The van der Waals surface area contributed by atoms with E-state index < -0.39 is 0 Å². The number of benzene rings is 2. The Balaban J connectivity index is 1.56. The highest BCUT2D eigenvalue weighted by Crippen LogP contribution is 2.18. The average Bonchev–Trinajstić information content (AvgIpc) is 3.13. The lowest BCUT2D eigenvalue weighted by atomic mass is 10.2. The van der Waals surface area contributed by atoms with Crippen molar-refractivity contribution in [3.63, 3.8) is 0 Å². The zero-order chi connectivity index (χ0) is 18.4. The monoisotopic (exact) mass is 373 g/mol. The van der Waals surface area contributed by atoms with Crippen molar-refractivity contribution in [2.45, 2.75) is 11.7 Å². The topological polar surface area (TPSA) is 81.9 Å². The molecule has 3 aromatic rings. The summed E-state index contributed by atoms with van der Waals surface area (Å²) in [6.07, 6.45) is 0. The molecule has 0 aliphatic heterocycles. The Morgan fingerprint density at radius 2 is 2.12 bits per heavy atom. The molecule has 0 saturated carbocycles. The van der Waals surface area contributed by atoms with Crippen molar-refractivity contribution in [3.8, 4) is 11.4 Å². The SMILES string of the molecule is COc1cccc(CNC(=O)CSc2nnnn2-c2cccc(F)c2)c1. The largest absolute Gasteiger partial charge is 0.497 e. The van der Waals surface area contributed by atoms with Gasteiger partial charge in [-0.3, -0.25) is 4.79 Å². The van der Waals surface area contributed by atoms with Crippen LogP contribution in [0.4, 0.5) is 4.39 Å². The quantitative estimate of drug-likeness (QED) is 0.640. The Kier molecular flexibility index (Phi) is 5.80. The van der Waals surface area contributed by atoms with Crippen LogP contribution in [0.15, 0.2) is 53.7 Å². The van der Waals surface area contributed by atoms with Gasteiger partial charge >= 0.3 is 0 Å². The molecule has 0 aliphatic rings. The van der Waals surface area contributed by atoms with E-state index in [9.17, 15) is 9.18 Å². The number of amides is 1. The van der Waals surface area contributed by atoms with Gasteiger partial charge in [0.1, 0.15) is 11.6 Å². The lowest BCUT2D eigenvalue weighted by molar-refractivity contribution is -0.118. The first kappa shape index (κ1) is 17.9. The number of ether oxygens (including phenoxy) is 1. The minimum absolute atomic E-state index is 0.139. The third kappa shape index (κ3) is 4.57. The van der Waals surface area contributed by atoms with Gasteiger partial charge in [-0.15, -0.1) is 5.10 Å². The summed E-state index contributed by atoms with van der Waals surface area (Å²) in [7, 11) is 1.59. The number of methoxy groups -OCH3 is 1. The van der Waals surface area contributed by atoms with E-state index in [-0.39, 0.29) is 17.5 Å². The number of rotatable bonds is 7. The zero-order valence-corrected chi connectivity index (χ0v) is 14.7. The number of nitrogens with zero attached hydrogens (tertiary/aromatic N) is 4. The van der Waals surface area contributed by atoms with Gasteiger partial charge < -0.3 is 10.1 Å². The number of tetrazole rings is 1. The molecule has 0 spiro atoms. The molecule has 0 bridgehead atoms. The molecule has 0 unspecified atom stereocenters. The van der Waals surface area contributed by atoms with Gasteiger partial charge in [0.25, 0.3) is 0 Å². The van der Waals surface area contributed by atoms with Gasteiger partial charge in [0.05, 0.1) is 18.6 Å². The number of hydrogen-bond donors (Lipinski definition) is 1. The van der Waals surface area contributed by atoms with Crippen LogP contribution in [0.3, 0.4) is 0 Å². The van der Waals surface area contributed by atoms with Crippen molar-refractivity contribution in [3.05, 3.63) is 59.9 Å². The molecule has 9 heteroatoms. The number of hydrogen-bond acceptors (Lipinski definition) is 6. The average molecular weight is 373 g/mol. The van der Waals surface area contributed by atoms with Gasteiger partial charge in [-0.05, 0) is 46.3 Å². The van der Waals surface area contributed by atoms with Gasteiger partial charge in [-0.25, -0.2) is 4.39 Å². The molecule has 1 heterocycles. The molecule has 0 aliphatic carbocycles. The number of nitrogens with one attached hydrogen (secondary N) is 1. The van der Waals surface area contributed by atoms with Crippen LogP contribution in [0.1, 0.15) is 5.56 Å². The smallest absolute Gasteiger partial charge is 0.230 e. The maximum Gasteiger partial charge on any atom is 0.230 e. The second-order valence-corrected chi connectivity index (χ2v) is 6.21. The minimum atomic E-state index is -0.384. The van der Waals surface area contributed by atoms with Crippen molar-refractivity contribution < 1.29 is 13.9 Å². The molecular weight excluding hydrogens is 357 g/mol. The zero-order valence-electron chi connectivity index (χ0n) is 13.9. The third-order valence-corrected chi connectivity index (χ3v) is 4.37. The summed E-state index contributed by atoms with van der Waals surface area (Å²) >= 11 is 1.17. The Morgan fingerprint density at radius 1 is 1.27 bits per heavy atom. The summed E-state index contributed by atoms with van der Waals surface area (Å²) in [5, 5.41) is 14.6. The van der Waals surface area contributed by atoms with Crippen molar-refractivity contribution >= 4 is 17.7 Å².